The van der Waals surface area contributed by atoms with Gasteiger partial charge in [0.25, 0.3) is 0 Å². The number of halogens is 1. The van der Waals surface area contributed by atoms with Gasteiger partial charge in [0.2, 0.25) is 5.91 Å². The van der Waals surface area contributed by atoms with Crippen LogP contribution in [-0.2, 0) is 14.3 Å². The van der Waals surface area contributed by atoms with Crippen LogP contribution in [0.15, 0.2) is 22.7 Å². The van der Waals surface area contributed by atoms with Crippen molar-refractivity contribution in [2.45, 2.75) is 39.3 Å². The monoisotopic (exact) mass is 414 g/mol. The zero-order chi connectivity index (χ0) is 19.0. The summed E-state index contributed by atoms with van der Waals surface area (Å²) in [4.78, 5) is 24.0. The van der Waals surface area contributed by atoms with E-state index in [0.29, 0.717) is 0 Å². The van der Waals surface area contributed by atoms with Crippen molar-refractivity contribution >= 4 is 27.8 Å². The van der Waals surface area contributed by atoms with Gasteiger partial charge in [0.05, 0.1) is 25.2 Å². The Bertz CT molecular complexity index is 594. The smallest absolute Gasteiger partial charge is 0.328 e. The van der Waals surface area contributed by atoms with Crippen molar-refractivity contribution < 1.29 is 19.1 Å². The molecule has 1 aromatic rings. The normalized spacial score (nSPS) is 14.3. The Balaban J connectivity index is 2.62. The van der Waals surface area contributed by atoms with E-state index < -0.39 is 12.0 Å². The number of benzene rings is 1. The summed E-state index contributed by atoms with van der Waals surface area (Å²) in [5.41, 5.74) is 1.02. The van der Waals surface area contributed by atoms with Gasteiger partial charge in [-0.1, -0.05) is 26.3 Å². The van der Waals surface area contributed by atoms with Gasteiger partial charge in [-0.3, -0.25) is 4.79 Å². The van der Waals surface area contributed by atoms with E-state index in [4.69, 9.17) is 9.47 Å². The summed E-state index contributed by atoms with van der Waals surface area (Å²) in [5, 5.41) is 5.91. The topological polar surface area (TPSA) is 76.7 Å². The minimum atomic E-state index is -0.630. The minimum absolute atomic E-state index is 0.00590. The first-order chi connectivity index (χ1) is 11.8. The van der Waals surface area contributed by atoms with E-state index in [-0.39, 0.29) is 24.4 Å². The van der Waals surface area contributed by atoms with E-state index in [0.717, 1.165) is 22.2 Å². The standard InChI is InChI=1S/C18H27BrN2O4/c1-6-11(2)17(18(23)25-5)21-16(22)10-20-12(3)13-7-8-15(24-4)14(19)9-13/h7-9,11-12,17,20H,6,10H2,1-5H3,(H,21,22). The second kappa shape index (κ2) is 10.4. The van der Waals surface area contributed by atoms with Crippen LogP contribution >= 0.6 is 15.9 Å². The van der Waals surface area contributed by atoms with E-state index in [9.17, 15) is 9.59 Å². The summed E-state index contributed by atoms with van der Waals surface area (Å²) in [6, 6.07) is 5.09. The van der Waals surface area contributed by atoms with Gasteiger partial charge in [0.15, 0.2) is 0 Å². The third kappa shape index (κ3) is 6.32. The van der Waals surface area contributed by atoms with Crippen LogP contribution in [0.1, 0.15) is 38.8 Å². The molecule has 0 heterocycles. The summed E-state index contributed by atoms with van der Waals surface area (Å²) in [6.07, 6.45) is 0.768. The first-order valence-electron chi connectivity index (χ1n) is 8.28. The SMILES string of the molecule is CCC(C)C(NC(=O)CNC(C)c1ccc(OC)c(Br)c1)C(=O)OC. The molecule has 0 saturated heterocycles. The highest BCUT2D eigenvalue weighted by molar-refractivity contribution is 9.10. The number of hydrogen-bond donors (Lipinski definition) is 2. The number of carbonyl (C=O) groups excluding carboxylic acids is 2. The summed E-state index contributed by atoms with van der Waals surface area (Å²) in [6.45, 7) is 5.95. The van der Waals surface area contributed by atoms with Crippen LogP contribution in [0, 0.1) is 5.92 Å². The molecule has 1 amide bonds. The second-order valence-corrected chi connectivity index (χ2v) is 6.80. The molecule has 0 aromatic heterocycles. The lowest BCUT2D eigenvalue weighted by Crippen LogP contribution is -2.48. The molecule has 0 aliphatic carbocycles. The Kier molecular flexibility index (Phi) is 8.92. The van der Waals surface area contributed by atoms with Crippen molar-refractivity contribution in [2.75, 3.05) is 20.8 Å². The first-order valence-corrected chi connectivity index (χ1v) is 9.07. The molecule has 0 saturated carbocycles. The van der Waals surface area contributed by atoms with Crippen molar-refractivity contribution in [3.63, 3.8) is 0 Å². The summed E-state index contributed by atoms with van der Waals surface area (Å²) in [5.74, 6) is 0.0968. The molecule has 7 heteroatoms. The fraction of sp³-hybridized carbons (Fsp3) is 0.556. The van der Waals surface area contributed by atoms with Gasteiger partial charge >= 0.3 is 5.97 Å². The van der Waals surface area contributed by atoms with Gasteiger partial charge in [0, 0.05) is 6.04 Å². The van der Waals surface area contributed by atoms with Crippen molar-refractivity contribution in [3.8, 4) is 5.75 Å². The third-order valence-corrected chi connectivity index (χ3v) is 4.85. The van der Waals surface area contributed by atoms with Crippen LogP contribution in [0.25, 0.3) is 0 Å². The van der Waals surface area contributed by atoms with Crippen LogP contribution in [0.2, 0.25) is 0 Å². The Hall–Kier alpha value is -1.60. The van der Waals surface area contributed by atoms with E-state index in [2.05, 4.69) is 26.6 Å². The van der Waals surface area contributed by atoms with E-state index in [1.165, 1.54) is 7.11 Å². The molecule has 0 aliphatic heterocycles. The molecule has 0 aliphatic rings. The fourth-order valence-corrected chi connectivity index (χ4v) is 2.89. The summed E-state index contributed by atoms with van der Waals surface area (Å²) < 4.78 is 10.8. The highest BCUT2D eigenvalue weighted by atomic mass is 79.9. The van der Waals surface area contributed by atoms with Gasteiger partial charge in [-0.05, 0) is 46.5 Å². The number of rotatable bonds is 9. The highest BCUT2D eigenvalue weighted by Gasteiger charge is 2.26. The average Bonchev–Trinajstić information content (AvgIpc) is 2.62. The molecule has 3 atom stereocenters. The molecular weight excluding hydrogens is 388 g/mol. The molecule has 3 unspecified atom stereocenters. The number of methoxy groups -OCH3 is 2. The molecule has 1 rings (SSSR count). The quantitative estimate of drug-likeness (QED) is 0.607. The maximum absolute atomic E-state index is 12.2. The average molecular weight is 415 g/mol. The predicted molar refractivity (Wildman–Crippen MR) is 101 cm³/mol. The van der Waals surface area contributed by atoms with Crippen LogP contribution < -0.4 is 15.4 Å². The Morgan fingerprint density at radius 1 is 1.24 bits per heavy atom. The largest absolute Gasteiger partial charge is 0.496 e. The molecule has 0 spiro atoms. The maximum atomic E-state index is 12.2. The molecular formula is C18H27BrN2O4. The number of amides is 1. The fourth-order valence-electron chi connectivity index (χ4n) is 2.34. The summed E-state index contributed by atoms with van der Waals surface area (Å²) in [7, 11) is 2.94. The number of carbonyl (C=O) groups is 2. The zero-order valence-corrected chi connectivity index (χ0v) is 17.0. The maximum Gasteiger partial charge on any atom is 0.328 e. The van der Waals surface area contributed by atoms with Crippen molar-refractivity contribution in [3.05, 3.63) is 28.2 Å². The van der Waals surface area contributed by atoms with Crippen LogP contribution in [-0.4, -0.2) is 38.7 Å². The summed E-state index contributed by atoms with van der Waals surface area (Å²) >= 11 is 3.45. The Labute approximate surface area is 157 Å². The number of ether oxygens (including phenoxy) is 2. The van der Waals surface area contributed by atoms with E-state index in [1.54, 1.807) is 7.11 Å². The molecule has 0 radical (unpaired) electrons. The van der Waals surface area contributed by atoms with Gasteiger partial charge < -0.3 is 20.1 Å². The molecule has 2 N–H and O–H groups in total. The molecule has 0 fully saturated rings. The third-order valence-electron chi connectivity index (χ3n) is 4.23. The number of hydrogen-bond acceptors (Lipinski definition) is 5. The van der Waals surface area contributed by atoms with Crippen molar-refractivity contribution in [1.29, 1.82) is 0 Å². The molecule has 140 valence electrons. The van der Waals surface area contributed by atoms with Crippen LogP contribution in [0.4, 0.5) is 0 Å². The Morgan fingerprint density at radius 2 is 1.92 bits per heavy atom. The lowest BCUT2D eigenvalue weighted by Gasteiger charge is -2.22. The highest BCUT2D eigenvalue weighted by Crippen LogP contribution is 2.27. The molecule has 0 bridgehead atoms. The molecule has 6 nitrogen and oxygen atoms in total. The van der Waals surface area contributed by atoms with Gasteiger partial charge in [0.1, 0.15) is 11.8 Å². The lowest BCUT2D eigenvalue weighted by atomic mass is 9.99. The van der Waals surface area contributed by atoms with Crippen LogP contribution in [0.3, 0.4) is 0 Å². The molecule has 1 aromatic carbocycles. The predicted octanol–water partition coefficient (Wildman–Crippen LogP) is 2.81. The lowest BCUT2D eigenvalue weighted by molar-refractivity contribution is -0.146. The van der Waals surface area contributed by atoms with Gasteiger partial charge in [-0.25, -0.2) is 4.79 Å². The zero-order valence-electron chi connectivity index (χ0n) is 15.4. The Morgan fingerprint density at radius 3 is 2.44 bits per heavy atom. The van der Waals surface area contributed by atoms with Crippen LogP contribution in [0.5, 0.6) is 5.75 Å². The minimum Gasteiger partial charge on any atom is -0.496 e. The van der Waals surface area contributed by atoms with E-state index in [1.807, 2.05) is 39.0 Å². The number of esters is 1. The van der Waals surface area contributed by atoms with Gasteiger partial charge in [-0.15, -0.1) is 0 Å². The molecule has 25 heavy (non-hydrogen) atoms. The second-order valence-electron chi connectivity index (χ2n) is 5.95. The number of nitrogens with one attached hydrogen (secondary N) is 2. The van der Waals surface area contributed by atoms with Crippen molar-refractivity contribution in [1.82, 2.24) is 10.6 Å². The van der Waals surface area contributed by atoms with E-state index >= 15 is 0 Å². The van der Waals surface area contributed by atoms with Crippen molar-refractivity contribution in [2.24, 2.45) is 5.92 Å². The first kappa shape index (κ1) is 21.4. The van der Waals surface area contributed by atoms with Gasteiger partial charge in [-0.2, -0.15) is 0 Å².